The average molecular weight is 438 g/mol. The van der Waals surface area contributed by atoms with Gasteiger partial charge in [0, 0.05) is 36.4 Å². The van der Waals surface area contributed by atoms with Gasteiger partial charge in [0.25, 0.3) is 0 Å². The van der Waals surface area contributed by atoms with Crippen LogP contribution < -0.4 is 4.90 Å². The molecule has 0 unspecified atom stereocenters. The number of fused-ring (bicyclic) bond motifs is 1. The number of anilines is 1. The first-order valence-corrected chi connectivity index (χ1v) is 12.7. The number of aryl methyl sites for hydroxylation is 1. The van der Waals surface area contributed by atoms with Gasteiger partial charge >= 0.3 is 0 Å². The van der Waals surface area contributed by atoms with Crippen molar-refractivity contribution in [2.45, 2.75) is 41.8 Å². The lowest BCUT2D eigenvalue weighted by atomic mass is 10.2. The molecule has 0 aliphatic carbocycles. The second-order valence-electron chi connectivity index (χ2n) is 7.09. The Morgan fingerprint density at radius 3 is 2.71 bits per heavy atom. The maximum atomic E-state index is 12.9. The minimum atomic E-state index is -3.45. The average Bonchev–Trinajstić information content (AvgIpc) is 3.32. The summed E-state index contributed by atoms with van der Waals surface area (Å²) in [5.74, 6) is 0.364. The van der Waals surface area contributed by atoms with Crippen LogP contribution in [0, 0.1) is 6.92 Å². The lowest BCUT2D eigenvalue weighted by Gasteiger charge is -2.26. The first-order valence-electron chi connectivity index (χ1n) is 9.43. The molecule has 0 bridgehead atoms. The van der Waals surface area contributed by atoms with E-state index < -0.39 is 10.0 Å². The van der Waals surface area contributed by atoms with Gasteiger partial charge in [-0.2, -0.15) is 4.31 Å². The van der Waals surface area contributed by atoms with Crippen molar-refractivity contribution < 1.29 is 13.2 Å². The van der Waals surface area contributed by atoms with Gasteiger partial charge in [0.05, 0.1) is 10.6 Å². The molecular weight excluding hydrogens is 414 g/mol. The second-order valence-corrected chi connectivity index (χ2v) is 11.1. The van der Waals surface area contributed by atoms with E-state index in [1.807, 2.05) is 12.3 Å². The van der Waals surface area contributed by atoms with Crippen LogP contribution in [-0.4, -0.2) is 49.0 Å². The van der Waals surface area contributed by atoms with Gasteiger partial charge in [0.1, 0.15) is 0 Å². The van der Waals surface area contributed by atoms with Crippen molar-refractivity contribution in [1.29, 1.82) is 0 Å². The molecule has 1 amide bonds. The number of amides is 1. The molecule has 3 heterocycles. The molecule has 150 valence electrons. The molecule has 9 heteroatoms. The van der Waals surface area contributed by atoms with Crippen molar-refractivity contribution in [3.8, 4) is 0 Å². The summed E-state index contributed by atoms with van der Waals surface area (Å²) in [7, 11) is -3.45. The number of sulfonamides is 1. The summed E-state index contributed by atoms with van der Waals surface area (Å²) in [5, 5.41) is 1.97. The van der Waals surface area contributed by atoms with Gasteiger partial charge in [-0.1, -0.05) is 18.2 Å². The Bertz CT molecular complexity index is 981. The number of nitrogens with zero attached hydrogens (tertiary/aromatic N) is 3. The third-order valence-corrected chi connectivity index (χ3v) is 9.14. The SMILES string of the molecule is Cc1csc(SCC(=O)N2CCc3cc(S(=O)(=O)N4CCCCC4)ccc32)n1. The van der Waals surface area contributed by atoms with E-state index in [-0.39, 0.29) is 5.91 Å². The number of carbonyl (C=O) groups excluding carboxylic acids is 1. The van der Waals surface area contributed by atoms with Gasteiger partial charge in [0.15, 0.2) is 4.34 Å². The maximum absolute atomic E-state index is 12.9. The molecule has 1 aromatic heterocycles. The van der Waals surface area contributed by atoms with Crippen molar-refractivity contribution >= 4 is 44.7 Å². The van der Waals surface area contributed by atoms with Crippen LogP contribution in [0.1, 0.15) is 30.5 Å². The van der Waals surface area contributed by atoms with Gasteiger partial charge in [-0.25, -0.2) is 13.4 Å². The van der Waals surface area contributed by atoms with E-state index in [1.165, 1.54) is 11.8 Å². The molecule has 1 saturated heterocycles. The molecule has 4 rings (SSSR count). The third kappa shape index (κ3) is 3.98. The van der Waals surface area contributed by atoms with Crippen LogP contribution in [0.25, 0.3) is 0 Å². The maximum Gasteiger partial charge on any atom is 0.243 e. The van der Waals surface area contributed by atoms with Crippen LogP contribution >= 0.6 is 23.1 Å². The Hall–Kier alpha value is -1.42. The molecule has 0 N–H and O–H groups in total. The van der Waals surface area contributed by atoms with Crippen LogP contribution in [0.15, 0.2) is 32.8 Å². The molecule has 0 saturated carbocycles. The number of aromatic nitrogens is 1. The lowest BCUT2D eigenvalue weighted by Crippen LogP contribution is -2.35. The molecule has 0 radical (unpaired) electrons. The third-order valence-electron chi connectivity index (χ3n) is 5.12. The summed E-state index contributed by atoms with van der Waals surface area (Å²) in [5.41, 5.74) is 2.73. The van der Waals surface area contributed by atoms with E-state index in [1.54, 1.807) is 38.7 Å². The monoisotopic (exact) mass is 437 g/mol. The molecule has 2 aliphatic heterocycles. The fourth-order valence-corrected chi connectivity index (χ4v) is 6.95. The number of rotatable bonds is 5. The van der Waals surface area contributed by atoms with Gasteiger partial charge in [-0.15, -0.1) is 11.3 Å². The normalized spacial score (nSPS) is 17.7. The van der Waals surface area contributed by atoms with E-state index in [9.17, 15) is 13.2 Å². The number of piperidine rings is 1. The van der Waals surface area contributed by atoms with Crippen LogP contribution in [0.2, 0.25) is 0 Å². The minimum absolute atomic E-state index is 0.0308. The largest absolute Gasteiger partial charge is 0.311 e. The molecule has 1 fully saturated rings. The molecule has 2 aliphatic rings. The molecular formula is C19H23N3O3S3. The Morgan fingerprint density at radius 2 is 2.00 bits per heavy atom. The highest BCUT2D eigenvalue weighted by atomic mass is 32.2. The minimum Gasteiger partial charge on any atom is -0.311 e. The first-order chi connectivity index (χ1) is 13.4. The molecule has 28 heavy (non-hydrogen) atoms. The lowest BCUT2D eigenvalue weighted by molar-refractivity contribution is -0.116. The standard InChI is InChI=1S/C19H23N3O3S3/c1-14-12-26-19(20-14)27-13-18(23)22-10-7-15-11-16(5-6-17(15)22)28(24,25)21-8-3-2-4-9-21/h5-6,11-12H,2-4,7-10,13H2,1H3. The Morgan fingerprint density at radius 1 is 1.21 bits per heavy atom. The number of thiazole rings is 1. The summed E-state index contributed by atoms with van der Waals surface area (Å²) in [6, 6.07) is 5.19. The Kier molecular flexibility index (Phi) is 5.78. The molecule has 6 nitrogen and oxygen atoms in total. The van der Waals surface area contributed by atoms with Crippen molar-refractivity contribution in [3.63, 3.8) is 0 Å². The van der Waals surface area contributed by atoms with E-state index in [0.29, 0.717) is 36.7 Å². The molecule has 0 spiro atoms. The highest BCUT2D eigenvalue weighted by molar-refractivity contribution is 8.01. The van der Waals surface area contributed by atoms with E-state index in [4.69, 9.17) is 0 Å². The second kappa shape index (κ2) is 8.14. The summed E-state index contributed by atoms with van der Waals surface area (Å²) in [6.07, 6.45) is 3.61. The van der Waals surface area contributed by atoms with Gasteiger partial charge in [-0.3, -0.25) is 4.79 Å². The molecule has 2 aromatic rings. The van der Waals surface area contributed by atoms with E-state index >= 15 is 0 Å². The smallest absolute Gasteiger partial charge is 0.243 e. The predicted molar refractivity (Wildman–Crippen MR) is 113 cm³/mol. The summed E-state index contributed by atoms with van der Waals surface area (Å²) >= 11 is 3.00. The Balaban J connectivity index is 1.47. The number of thioether (sulfide) groups is 1. The zero-order valence-electron chi connectivity index (χ0n) is 15.8. The highest BCUT2D eigenvalue weighted by Gasteiger charge is 2.30. The number of benzene rings is 1. The van der Waals surface area contributed by atoms with Crippen LogP contribution in [0.4, 0.5) is 5.69 Å². The topological polar surface area (TPSA) is 70.6 Å². The van der Waals surface area contributed by atoms with Gasteiger partial charge in [0.2, 0.25) is 15.9 Å². The van der Waals surface area contributed by atoms with Crippen molar-refractivity contribution in [2.75, 3.05) is 30.3 Å². The van der Waals surface area contributed by atoms with Crippen molar-refractivity contribution in [3.05, 3.63) is 34.8 Å². The van der Waals surface area contributed by atoms with Crippen LogP contribution in [0.5, 0.6) is 0 Å². The highest BCUT2D eigenvalue weighted by Crippen LogP contribution is 2.33. The number of hydrogen-bond donors (Lipinski definition) is 0. The zero-order chi connectivity index (χ0) is 19.7. The summed E-state index contributed by atoms with van der Waals surface area (Å²) in [4.78, 5) is 19.2. The fraction of sp³-hybridized carbons (Fsp3) is 0.474. The van der Waals surface area contributed by atoms with Gasteiger partial charge < -0.3 is 4.90 Å². The van der Waals surface area contributed by atoms with Crippen molar-refractivity contribution in [2.24, 2.45) is 0 Å². The summed E-state index contributed by atoms with van der Waals surface area (Å²) in [6.45, 7) is 3.72. The number of carbonyl (C=O) groups is 1. The number of hydrogen-bond acceptors (Lipinski definition) is 6. The molecule has 1 aromatic carbocycles. The van der Waals surface area contributed by atoms with Gasteiger partial charge in [-0.05, 0) is 49.9 Å². The molecule has 0 atom stereocenters. The van der Waals surface area contributed by atoms with E-state index in [0.717, 1.165) is 40.5 Å². The van der Waals surface area contributed by atoms with Crippen LogP contribution in [0.3, 0.4) is 0 Å². The fourth-order valence-electron chi connectivity index (χ4n) is 3.65. The van der Waals surface area contributed by atoms with Crippen LogP contribution in [-0.2, 0) is 21.2 Å². The Labute approximate surface area is 174 Å². The van der Waals surface area contributed by atoms with E-state index in [2.05, 4.69) is 4.98 Å². The van der Waals surface area contributed by atoms with Crippen molar-refractivity contribution in [1.82, 2.24) is 9.29 Å². The zero-order valence-corrected chi connectivity index (χ0v) is 18.2. The first kappa shape index (κ1) is 19.9. The predicted octanol–water partition coefficient (Wildman–Crippen LogP) is 3.31. The quantitative estimate of drug-likeness (QED) is 0.671. The summed E-state index contributed by atoms with van der Waals surface area (Å²) < 4.78 is 28.3.